The second kappa shape index (κ2) is 6.44. The first-order chi connectivity index (χ1) is 9.31. The van der Waals surface area contributed by atoms with Crippen molar-refractivity contribution >= 4 is 5.78 Å². The lowest BCUT2D eigenvalue weighted by atomic mass is 9.89. The van der Waals surface area contributed by atoms with E-state index in [1.807, 2.05) is 30.3 Å². The molecule has 4 nitrogen and oxygen atoms in total. The summed E-state index contributed by atoms with van der Waals surface area (Å²) in [5, 5.41) is 3.66. The third kappa shape index (κ3) is 3.48. The van der Waals surface area contributed by atoms with Gasteiger partial charge in [0.25, 0.3) is 0 Å². The minimum Gasteiger partial charge on any atom is -0.295 e. The van der Waals surface area contributed by atoms with E-state index in [0.29, 0.717) is 18.4 Å². The summed E-state index contributed by atoms with van der Waals surface area (Å²) in [4.78, 5) is 14.6. The van der Waals surface area contributed by atoms with Crippen LogP contribution in [0.2, 0.25) is 0 Å². The predicted octanol–water partition coefficient (Wildman–Crippen LogP) is 3.40. The van der Waals surface area contributed by atoms with Gasteiger partial charge in [0.05, 0.1) is 6.04 Å². The lowest BCUT2D eigenvalue weighted by Crippen LogP contribution is -2.21. The van der Waals surface area contributed by atoms with E-state index >= 15 is 0 Å². The van der Waals surface area contributed by atoms with Crippen LogP contribution in [0.15, 0.2) is 47.1 Å². The van der Waals surface area contributed by atoms with Gasteiger partial charge in [-0.25, -0.2) is 0 Å². The summed E-state index contributed by atoms with van der Waals surface area (Å²) in [6, 6.07) is 9.18. The van der Waals surface area contributed by atoms with Crippen LogP contribution in [0.3, 0.4) is 0 Å². The summed E-state index contributed by atoms with van der Waals surface area (Å²) in [5.74, 6) is 5.87. The van der Waals surface area contributed by atoms with Crippen LogP contribution in [0, 0.1) is 11.8 Å². The zero-order valence-corrected chi connectivity index (χ0v) is 10.4. The van der Waals surface area contributed by atoms with Gasteiger partial charge in [0, 0.05) is 22.5 Å². The lowest BCUT2D eigenvalue weighted by Gasteiger charge is -2.18. The van der Waals surface area contributed by atoms with Gasteiger partial charge < -0.3 is 0 Å². The molecular formula is C15H13N3O. The van der Waals surface area contributed by atoms with Crippen molar-refractivity contribution in [3.8, 4) is 11.8 Å². The molecule has 0 N–H and O–H groups in total. The van der Waals surface area contributed by atoms with E-state index < -0.39 is 0 Å². The molecule has 1 atom stereocenters. The number of azide groups is 1. The molecule has 0 radical (unpaired) electrons. The molecule has 1 aliphatic carbocycles. The van der Waals surface area contributed by atoms with E-state index in [2.05, 4.69) is 21.9 Å². The predicted molar refractivity (Wildman–Crippen MR) is 73.2 cm³/mol. The van der Waals surface area contributed by atoms with Crippen LogP contribution in [-0.4, -0.2) is 11.8 Å². The summed E-state index contributed by atoms with van der Waals surface area (Å²) >= 11 is 0. The quantitative estimate of drug-likeness (QED) is 0.248. The molecule has 0 bridgehead atoms. The van der Waals surface area contributed by atoms with Crippen molar-refractivity contribution in [2.75, 3.05) is 0 Å². The SMILES string of the molecule is [N-]=[N+]=NC1CCCC(=O)/C1=C/C#Cc1ccccc1. The Morgan fingerprint density at radius 3 is 2.89 bits per heavy atom. The van der Waals surface area contributed by atoms with Crippen LogP contribution in [0.1, 0.15) is 24.8 Å². The number of carbonyl (C=O) groups is 1. The maximum absolute atomic E-state index is 11.8. The van der Waals surface area contributed by atoms with Gasteiger partial charge in [0.15, 0.2) is 5.78 Å². The molecule has 1 saturated carbocycles. The highest BCUT2D eigenvalue weighted by Gasteiger charge is 2.24. The summed E-state index contributed by atoms with van der Waals surface area (Å²) in [7, 11) is 0. The van der Waals surface area contributed by atoms with Gasteiger partial charge in [-0.05, 0) is 36.6 Å². The molecule has 0 heterocycles. The third-order valence-corrected chi connectivity index (χ3v) is 2.97. The molecule has 19 heavy (non-hydrogen) atoms. The van der Waals surface area contributed by atoms with Gasteiger partial charge in [0.2, 0.25) is 0 Å². The summed E-state index contributed by atoms with van der Waals surface area (Å²) in [5.41, 5.74) is 9.94. The molecule has 2 rings (SSSR count). The molecule has 0 aromatic heterocycles. The average molecular weight is 251 g/mol. The van der Waals surface area contributed by atoms with Crippen molar-refractivity contribution in [3.05, 3.63) is 58.0 Å². The highest BCUT2D eigenvalue weighted by molar-refractivity contribution is 5.97. The van der Waals surface area contributed by atoms with Crippen LogP contribution < -0.4 is 0 Å². The Bertz CT molecular complexity index is 601. The molecule has 1 unspecified atom stereocenters. The standard InChI is InChI=1S/C15H13N3O/c16-18-17-14-10-5-11-15(19)13(14)9-4-8-12-6-2-1-3-7-12/h1-3,6-7,9,14H,5,10-11H2/b13-9+. The number of hydrogen-bond donors (Lipinski definition) is 0. The van der Waals surface area contributed by atoms with Crippen molar-refractivity contribution in [2.24, 2.45) is 5.11 Å². The van der Waals surface area contributed by atoms with Gasteiger partial charge in [-0.15, -0.1) is 0 Å². The number of hydrogen-bond acceptors (Lipinski definition) is 2. The normalized spacial score (nSPS) is 20.3. The zero-order chi connectivity index (χ0) is 13.5. The largest absolute Gasteiger partial charge is 0.295 e. The summed E-state index contributed by atoms with van der Waals surface area (Å²) in [6.07, 6.45) is 3.59. The molecular weight excluding hydrogens is 238 g/mol. The molecule has 1 fully saturated rings. The van der Waals surface area contributed by atoms with Crippen LogP contribution in [0.25, 0.3) is 10.4 Å². The second-order valence-corrected chi connectivity index (χ2v) is 4.27. The van der Waals surface area contributed by atoms with E-state index in [0.717, 1.165) is 12.0 Å². The van der Waals surface area contributed by atoms with Gasteiger partial charge in [-0.3, -0.25) is 4.79 Å². The monoisotopic (exact) mass is 251 g/mol. The molecule has 4 heteroatoms. The van der Waals surface area contributed by atoms with Crippen molar-refractivity contribution in [2.45, 2.75) is 25.3 Å². The van der Waals surface area contributed by atoms with Crippen LogP contribution in [0.5, 0.6) is 0 Å². The van der Waals surface area contributed by atoms with Gasteiger partial charge in [0.1, 0.15) is 0 Å². The smallest absolute Gasteiger partial charge is 0.159 e. The number of rotatable bonds is 1. The van der Waals surface area contributed by atoms with Crippen LogP contribution in [-0.2, 0) is 4.79 Å². The average Bonchev–Trinajstić information content (AvgIpc) is 2.43. The molecule has 0 amide bonds. The number of nitrogens with zero attached hydrogens (tertiary/aromatic N) is 3. The highest BCUT2D eigenvalue weighted by Crippen LogP contribution is 2.23. The summed E-state index contributed by atoms with van der Waals surface area (Å²) in [6.45, 7) is 0. The van der Waals surface area contributed by atoms with E-state index in [4.69, 9.17) is 5.53 Å². The second-order valence-electron chi connectivity index (χ2n) is 4.27. The van der Waals surface area contributed by atoms with Crippen molar-refractivity contribution in [3.63, 3.8) is 0 Å². The fourth-order valence-corrected chi connectivity index (χ4v) is 2.02. The fourth-order valence-electron chi connectivity index (χ4n) is 2.02. The number of ketones is 1. The van der Waals surface area contributed by atoms with Gasteiger partial charge >= 0.3 is 0 Å². The fraction of sp³-hybridized carbons (Fsp3) is 0.267. The first-order valence-electron chi connectivity index (χ1n) is 6.15. The molecule has 0 spiro atoms. The Balaban J connectivity index is 2.22. The lowest BCUT2D eigenvalue weighted by molar-refractivity contribution is -0.116. The Hall–Kier alpha value is -2.50. The third-order valence-electron chi connectivity index (χ3n) is 2.97. The Labute approximate surface area is 111 Å². The number of carbonyl (C=O) groups excluding carboxylic acids is 1. The summed E-state index contributed by atoms with van der Waals surface area (Å²) < 4.78 is 0. The number of allylic oxidation sites excluding steroid dienone is 1. The minimum absolute atomic E-state index is 0.0333. The maximum atomic E-state index is 11.8. The van der Waals surface area contributed by atoms with Crippen molar-refractivity contribution in [1.82, 2.24) is 0 Å². The Morgan fingerprint density at radius 2 is 2.16 bits per heavy atom. The molecule has 1 aliphatic rings. The topological polar surface area (TPSA) is 65.8 Å². The van der Waals surface area contributed by atoms with Crippen LogP contribution in [0.4, 0.5) is 0 Å². The van der Waals surface area contributed by atoms with Crippen molar-refractivity contribution in [1.29, 1.82) is 0 Å². The Morgan fingerprint density at radius 1 is 1.37 bits per heavy atom. The van der Waals surface area contributed by atoms with Gasteiger partial charge in [-0.2, -0.15) is 0 Å². The van der Waals surface area contributed by atoms with E-state index in [1.54, 1.807) is 6.08 Å². The van der Waals surface area contributed by atoms with Crippen LogP contribution >= 0.6 is 0 Å². The molecule has 94 valence electrons. The maximum Gasteiger partial charge on any atom is 0.159 e. The number of benzene rings is 1. The van der Waals surface area contributed by atoms with Crippen molar-refractivity contribution < 1.29 is 4.79 Å². The molecule has 0 aliphatic heterocycles. The van der Waals surface area contributed by atoms with Gasteiger partial charge in [-0.1, -0.05) is 35.2 Å². The van der Waals surface area contributed by atoms with E-state index in [-0.39, 0.29) is 11.8 Å². The highest BCUT2D eigenvalue weighted by atomic mass is 16.1. The molecule has 1 aromatic carbocycles. The van der Waals surface area contributed by atoms with E-state index in [9.17, 15) is 4.79 Å². The van der Waals surface area contributed by atoms with E-state index in [1.165, 1.54) is 0 Å². The zero-order valence-electron chi connectivity index (χ0n) is 10.4. The first-order valence-corrected chi connectivity index (χ1v) is 6.15. The minimum atomic E-state index is -0.365. The number of Topliss-reactive ketones (excluding diaryl/α,β-unsaturated/α-hetero) is 1. The first kappa shape index (κ1) is 12.9. The molecule has 0 saturated heterocycles. The Kier molecular flexibility index (Phi) is 4.39. The molecule has 1 aromatic rings.